The van der Waals surface area contributed by atoms with Gasteiger partial charge in [0, 0.05) is 19.1 Å². The first-order chi connectivity index (χ1) is 5.70. The van der Waals surface area contributed by atoms with Crippen molar-refractivity contribution in [3.8, 4) is 0 Å². The minimum absolute atomic E-state index is 0.717. The Balaban J connectivity index is 2.36. The van der Waals surface area contributed by atoms with Gasteiger partial charge < -0.3 is 5.32 Å². The van der Waals surface area contributed by atoms with E-state index < -0.39 is 0 Å². The van der Waals surface area contributed by atoms with Gasteiger partial charge in [0.05, 0.1) is 0 Å². The van der Waals surface area contributed by atoms with E-state index in [0.717, 1.165) is 18.5 Å². The lowest BCUT2D eigenvalue weighted by Gasteiger charge is -2.28. The number of hydrogen-bond donors (Lipinski definition) is 1. The molecule has 1 aliphatic heterocycles. The van der Waals surface area contributed by atoms with Gasteiger partial charge in [0.15, 0.2) is 0 Å². The van der Waals surface area contributed by atoms with Crippen molar-refractivity contribution in [3.63, 3.8) is 0 Å². The van der Waals surface area contributed by atoms with Gasteiger partial charge in [0.1, 0.15) is 0 Å². The first kappa shape index (κ1) is 10.0. The molecule has 0 aliphatic carbocycles. The lowest BCUT2D eigenvalue weighted by atomic mass is 10.1. The molecule has 0 bridgehead atoms. The molecule has 0 aromatic rings. The third-order valence-electron chi connectivity index (χ3n) is 2.46. The molecule has 1 saturated heterocycles. The Labute approximate surface area is 76.3 Å². The number of nitrogens with zero attached hydrogens (tertiary/aromatic N) is 1. The maximum absolute atomic E-state index is 3.46. The molecule has 1 aliphatic rings. The number of hydrogen-bond acceptors (Lipinski definition) is 2. The predicted molar refractivity (Wildman–Crippen MR) is 53.4 cm³/mol. The molecule has 0 radical (unpaired) electrons. The van der Waals surface area contributed by atoms with E-state index in [2.05, 4.69) is 31.0 Å². The van der Waals surface area contributed by atoms with Gasteiger partial charge in [0.2, 0.25) is 0 Å². The largest absolute Gasteiger partial charge is 0.315 e. The van der Waals surface area contributed by atoms with E-state index in [0.29, 0.717) is 0 Å². The van der Waals surface area contributed by atoms with Gasteiger partial charge in [-0.2, -0.15) is 0 Å². The summed E-state index contributed by atoms with van der Waals surface area (Å²) in [5.41, 5.74) is 0. The Morgan fingerprint density at radius 1 is 1.50 bits per heavy atom. The molecule has 1 atom stereocenters. The van der Waals surface area contributed by atoms with Crippen LogP contribution in [0.4, 0.5) is 0 Å². The van der Waals surface area contributed by atoms with Crippen LogP contribution in [0.1, 0.15) is 27.2 Å². The SMILES string of the molecule is CC(C)CN1CCCNCC1C. The normalized spacial score (nSPS) is 27.5. The van der Waals surface area contributed by atoms with Gasteiger partial charge in [-0.15, -0.1) is 0 Å². The molecule has 2 nitrogen and oxygen atoms in total. The van der Waals surface area contributed by atoms with E-state index in [1.165, 1.54) is 26.1 Å². The molecule has 12 heavy (non-hydrogen) atoms. The summed E-state index contributed by atoms with van der Waals surface area (Å²) in [6, 6.07) is 0.717. The van der Waals surface area contributed by atoms with Crippen molar-refractivity contribution in [2.75, 3.05) is 26.2 Å². The summed E-state index contributed by atoms with van der Waals surface area (Å²) in [4.78, 5) is 2.60. The molecule has 0 saturated carbocycles. The lowest BCUT2D eigenvalue weighted by molar-refractivity contribution is 0.199. The Hall–Kier alpha value is -0.0800. The molecular formula is C10H22N2. The Morgan fingerprint density at radius 3 is 2.92 bits per heavy atom. The maximum Gasteiger partial charge on any atom is 0.0192 e. The van der Waals surface area contributed by atoms with Gasteiger partial charge in [0.25, 0.3) is 0 Å². The van der Waals surface area contributed by atoms with Crippen LogP contribution in [-0.4, -0.2) is 37.1 Å². The molecule has 0 aromatic carbocycles. The molecule has 72 valence electrons. The molecule has 1 N–H and O–H groups in total. The van der Waals surface area contributed by atoms with Gasteiger partial charge in [-0.05, 0) is 32.4 Å². The van der Waals surface area contributed by atoms with Crippen LogP contribution in [0.3, 0.4) is 0 Å². The third kappa shape index (κ3) is 3.11. The molecular weight excluding hydrogens is 148 g/mol. The van der Waals surface area contributed by atoms with Crippen molar-refractivity contribution in [2.24, 2.45) is 5.92 Å². The van der Waals surface area contributed by atoms with Crippen LogP contribution < -0.4 is 5.32 Å². The minimum atomic E-state index is 0.717. The molecule has 0 spiro atoms. The van der Waals surface area contributed by atoms with E-state index in [4.69, 9.17) is 0 Å². The number of nitrogens with one attached hydrogen (secondary N) is 1. The second kappa shape index (κ2) is 4.83. The van der Waals surface area contributed by atoms with E-state index in [1.54, 1.807) is 0 Å². The topological polar surface area (TPSA) is 15.3 Å². The summed E-state index contributed by atoms with van der Waals surface area (Å²) in [7, 11) is 0. The summed E-state index contributed by atoms with van der Waals surface area (Å²) in [6.07, 6.45) is 1.30. The van der Waals surface area contributed by atoms with Crippen LogP contribution >= 0.6 is 0 Å². The van der Waals surface area contributed by atoms with Crippen molar-refractivity contribution in [1.29, 1.82) is 0 Å². The molecule has 0 aromatic heterocycles. The fourth-order valence-corrected chi connectivity index (χ4v) is 1.81. The fraction of sp³-hybridized carbons (Fsp3) is 1.00. The van der Waals surface area contributed by atoms with Crippen molar-refractivity contribution >= 4 is 0 Å². The van der Waals surface area contributed by atoms with Crippen LogP contribution in [0.5, 0.6) is 0 Å². The van der Waals surface area contributed by atoms with Crippen LogP contribution in [0, 0.1) is 5.92 Å². The van der Waals surface area contributed by atoms with E-state index >= 15 is 0 Å². The summed E-state index contributed by atoms with van der Waals surface area (Å²) in [5.74, 6) is 0.797. The fourth-order valence-electron chi connectivity index (χ4n) is 1.81. The average molecular weight is 170 g/mol. The first-order valence-electron chi connectivity index (χ1n) is 5.15. The smallest absolute Gasteiger partial charge is 0.0192 e. The molecule has 2 heteroatoms. The summed E-state index contributed by atoms with van der Waals surface area (Å²) < 4.78 is 0. The maximum atomic E-state index is 3.46. The summed E-state index contributed by atoms with van der Waals surface area (Å²) in [6.45, 7) is 11.8. The Bertz CT molecular complexity index is 123. The quantitative estimate of drug-likeness (QED) is 0.672. The van der Waals surface area contributed by atoms with Crippen molar-refractivity contribution < 1.29 is 0 Å². The molecule has 1 rings (SSSR count). The summed E-state index contributed by atoms with van der Waals surface area (Å²) >= 11 is 0. The molecule has 0 amide bonds. The zero-order valence-electron chi connectivity index (χ0n) is 8.64. The van der Waals surface area contributed by atoms with E-state index in [-0.39, 0.29) is 0 Å². The highest BCUT2D eigenvalue weighted by Gasteiger charge is 2.16. The van der Waals surface area contributed by atoms with E-state index in [9.17, 15) is 0 Å². The molecule has 1 fully saturated rings. The minimum Gasteiger partial charge on any atom is -0.315 e. The van der Waals surface area contributed by atoms with Crippen molar-refractivity contribution in [2.45, 2.75) is 33.2 Å². The Morgan fingerprint density at radius 2 is 2.25 bits per heavy atom. The Kier molecular flexibility index (Phi) is 4.02. The van der Waals surface area contributed by atoms with Gasteiger partial charge in [-0.25, -0.2) is 0 Å². The second-order valence-electron chi connectivity index (χ2n) is 4.30. The highest BCUT2D eigenvalue weighted by atomic mass is 15.2. The number of rotatable bonds is 2. The summed E-state index contributed by atoms with van der Waals surface area (Å²) in [5, 5.41) is 3.46. The van der Waals surface area contributed by atoms with Gasteiger partial charge in [-0.3, -0.25) is 4.90 Å². The van der Waals surface area contributed by atoms with Crippen LogP contribution in [-0.2, 0) is 0 Å². The van der Waals surface area contributed by atoms with Crippen molar-refractivity contribution in [3.05, 3.63) is 0 Å². The lowest BCUT2D eigenvalue weighted by Crippen LogP contribution is -2.39. The van der Waals surface area contributed by atoms with Crippen molar-refractivity contribution in [1.82, 2.24) is 10.2 Å². The zero-order valence-corrected chi connectivity index (χ0v) is 8.64. The highest BCUT2D eigenvalue weighted by Crippen LogP contribution is 2.06. The zero-order chi connectivity index (χ0) is 8.97. The third-order valence-corrected chi connectivity index (χ3v) is 2.46. The van der Waals surface area contributed by atoms with Crippen LogP contribution in [0.2, 0.25) is 0 Å². The van der Waals surface area contributed by atoms with Crippen LogP contribution in [0.25, 0.3) is 0 Å². The molecule has 1 heterocycles. The van der Waals surface area contributed by atoms with Gasteiger partial charge >= 0.3 is 0 Å². The van der Waals surface area contributed by atoms with Gasteiger partial charge in [-0.1, -0.05) is 13.8 Å². The second-order valence-corrected chi connectivity index (χ2v) is 4.30. The van der Waals surface area contributed by atoms with E-state index in [1.807, 2.05) is 0 Å². The molecule has 1 unspecified atom stereocenters. The average Bonchev–Trinajstić information content (AvgIpc) is 2.16. The van der Waals surface area contributed by atoms with Crippen LogP contribution in [0.15, 0.2) is 0 Å². The monoisotopic (exact) mass is 170 g/mol. The predicted octanol–water partition coefficient (Wildman–Crippen LogP) is 1.33. The highest BCUT2D eigenvalue weighted by molar-refractivity contribution is 4.74. The standard InChI is InChI=1S/C10H22N2/c1-9(2)8-12-6-4-5-11-7-10(12)3/h9-11H,4-8H2,1-3H3. The first-order valence-corrected chi connectivity index (χ1v) is 5.15.